The van der Waals surface area contributed by atoms with Crippen LogP contribution in [0.15, 0.2) is 60.7 Å². The number of rotatable bonds is 7. The maximum absolute atomic E-state index is 13.3. The molecule has 4 nitrogen and oxygen atoms in total. The lowest BCUT2D eigenvalue weighted by Gasteiger charge is -2.37. The molecular weight excluding hydrogens is 384 g/mol. The van der Waals surface area contributed by atoms with E-state index in [2.05, 4.69) is 30.2 Å². The Kier molecular flexibility index (Phi) is 6.72. The first kappa shape index (κ1) is 21.2. The first-order valence-electron chi connectivity index (χ1n) is 11.3. The van der Waals surface area contributed by atoms with Crippen molar-refractivity contribution in [3.8, 4) is 12.3 Å². The Hall–Kier alpha value is -3.06. The lowest BCUT2D eigenvalue weighted by atomic mass is 9.73. The van der Waals surface area contributed by atoms with Crippen LogP contribution in [0.25, 0.3) is 0 Å². The SMILES string of the molecule is C#CC(=O)N(CC(=O)N1CCCC1c1ccccc1)CC(c1ccccc1)C1CCC1. The maximum Gasteiger partial charge on any atom is 0.298 e. The van der Waals surface area contributed by atoms with Crippen LogP contribution in [0.1, 0.15) is 55.2 Å². The van der Waals surface area contributed by atoms with E-state index >= 15 is 0 Å². The predicted molar refractivity (Wildman–Crippen MR) is 122 cm³/mol. The average Bonchev–Trinajstić information content (AvgIpc) is 3.27. The lowest BCUT2D eigenvalue weighted by Crippen LogP contribution is -2.45. The van der Waals surface area contributed by atoms with Gasteiger partial charge in [-0.05, 0) is 48.6 Å². The van der Waals surface area contributed by atoms with Crippen LogP contribution < -0.4 is 0 Å². The molecular formula is C27H30N2O2. The molecule has 2 aliphatic rings. The van der Waals surface area contributed by atoms with Gasteiger partial charge >= 0.3 is 0 Å². The van der Waals surface area contributed by atoms with Crippen LogP contribution in [-0.2, 0) is 9.59 Å². The van der Waals surface area contributed by atoms with Gasteiger partial charge in [-0.15, -0.1) is 6.42 Å². The zero-order chi connectivity index (χ0) is 21.6. The minimum absolute atomic E-state index is 0.0182. The summed E-state index contributed by atoms with van der Waals surface area (Å²) in [5.41, 5.74) is 2.37. The van der Waals surface area contributed by atoms with Crippen molar-refractivity contribution < 1.29 is 9.59 Å². The fourth-order valence-corrected chi connectivity index (χ4v) is 4.96. The van der Waals surface area contributed by atoms with Crippen LogP contribution in [0.4, 0.5) is 0 Å². The molecule has 0 bridgehead atoms. The highest BCUT2D eigenvalue weighted by Crippen LogP contribution is 2.40. The summed E-state index contributed by atoms with van der Waals surface area (Å²) in [6, 6.07) is 20.5. The summed E-state index contributed by atoms with van der Waals surface area (Å²) in [7, 11) is 0. The fourth-order valence-electron chi connectivity index (χ4n) is 4.96. The van der Waals surface area contributed by atoms with Gasteiger partial charge in [0.1, 0.15) is 6.54 Å². The summed E-state index contributed by atoms with van der Waals surface area (Å²) in [5.74, 6) is 2.58. The van der Waals surface area contributed by atoms with Crippen LogP contribution in [-0.4, -0.2) is 41.2 Å². The van der Waals surface area contributed by atoms with Crippen LogP contribution in [0, 0.1) is 18.3 Å². The summed E-state index contributed by atoms with van der Waals surface area (Å²) < 4.78 is 0. The highest BCUT2D eigenvalue weighted by atomic mass is 16.2. The molecule has 31 heavy (non-hydrogen) atoms. The second-order valence-electron chi connectivity index (χ2n) is 8.69. The van der Waals surface area contributed by atoms with Crippen LogP contribution in [0.2, 0.25) is 0 Å². The summed E-state index contributed by atoms with van der Waals surface area (Å²) in [4.78, 5) is 29.4. The number of carbonyl (C=O) groups excluding carboxylic acids is 2. The fraction of sp³-hybridized carbons (Fsp3) is 0.407. The summed E-state index contributed by atoms with van der Waals surface area (Å²) >= 11 is 0. The van der Waals surface area contributed by atoms with Crippen molar-refractivity contribution in [2.24, 2.45) is 5.92 Å². The van der Waals surface area contributed by atoms with Crippen molar-refractivity contribution in [3.05, 3.63) is 71.8 Å². The number of hydrogen-bond acceptors (Lipinski definition) is 2. The molecule has 2 aromatic rings. The summed E-state index contributed by atoms with van der Waals surface area (Å²) in [6.07, 6.45) is 11.0. The van der Waals surface area contributed by atoms with Crippen molar-refractivity contribution in [1.29, 1.82) is 0 Å². The molecule has 2 amide bonds. The topological polar surface area (TPSA) is 40.6 Å². The second kappa shape index (κ2) is 9.83. The molecule has 0 N–H and O–H groups in total. The molecule has 1 aliphatic carbocycles. The van der Waals surface area contributed by atoms with Crippen LogP contribution in [0.5, 0.6) is 0 Å². The molecule has 0 radical (unpaired) electrons. The molecule has 1 saturated carbocycles. The van der Waals surface area contributed by atoms with Crippen molar-refractivity contribution in [2.45, 2.75) is 44.1 Å². The first-order valence-corrected chi connectivity index (χ1v) is 11.3. The molecule has 0 spiro atoms. The van der Waals surface area contributed by atoms with E-state index in [9.17, 15) is 9.59 Å². The number of likely N-dealkylation sites (tertiary alicyclic amines) is 1. The Morgan fingerprint density at radius 1 is 1.00 bits per heavy atom. The van der Waals surface area contributed by atoms with Gasteiger partial charge in [0.2, 0.25) is 5.91 Å². The molecule has 1 saturated heterocycles. The third-order valence-corrected chi connectivity index (χ3v) is 6.86. The van der Waals surface area contributed by atoms with E-state index < -0.39 is 5.91 Å². The summed E-state index contributed by atoms with van der Waals surface area (Å²) in [6.45, 7) is 1.26. The molecule has 1 aliphatic heterocycles. The molecule has 2 atom stereocenters. The van der Waals surface area contributed by atoms with Gasteiger partial charge in [0, 0.05) is 19.0 Å². The zero-order valence-corrected chi connectivity index (χ0v) is 18.0. The number of nitrogens with zero attached hydrogens (tertiary/aromatic N) is 2. The van der Waals surface area contributed by atoms with Crippen molar-refractivity contribution in [1.82, 2.24) is 9.80 Å². The van der Waals surface area contributed by atoms with Gasteiger partial charge in [0.15, 0.2) is 0 Å². The van der Waals surface area contributed by atoms with Crippen molar-refractivity contribution >= 4 is 11.8 Å². The van der Waals surface area contributed by atoms with E-state index in [-0.39, 0.29) is 24.4 Å². The lowest BCUT2D eigenvalue weighted by molar-refractivity contribution is -0.138. The molecule has 2 aromatic carbocycles. The van der Waals surface area contributed by atoms with E-state index in [4.69, 9.17) is 6.42 Å². The minimum atomic E-state index is -0.399. The van der Waals surface area contributed by atoms with Gasteiger partial charge < -0.3 is 9.80 Å². The largest absolute Gasteiger partial charge is 0.334 e. The predicted octanol–water partition coefficient (Wildman–Crippen LogP) is 4.40. The van der Waals surface area contributed by atoms with E-state index in [0.29, 0.717) is 12.5 Å². The van der Waals surface area contributed by atoms with Gasteiger partial charge in [-0.2, -0.15) is 0 Å². The minimum Gasteiger partial charge on any atom is -0.334 e. The zero-order valence-electron chi connectivity index (χ0n) is 18.0. The average molecular weight is 415 g/mol. The Bertz CT molecular complexity index is 931. The Balaban J connectivity index is 1.51. The van der Waals surface area contributed by atoms with Gasteiger partial charge in [-0.25, -0.2) is 0 Å². The van der Waals surface area contributed by atoms with Crippen LogP contribution in [0.3, 0.4) is 0 Å². The van der Waals surface area contributed by atoms with E-state index in [1.165, 1.54) is 12.0 Å². The van der Waals surface area contributed by atoms with Crippen molar-refractivity contribution in [2.75, 3.05) is 19.6 Å². The van der Waals surface area contributed by atoms with E-state index in [1.54, 1.807) is 4.90 Å². The summed E-state index contributed by atoms with van der Waals surface area (Å²) in [5, 5.41) is 0. The Morgan fingerprint density at radius 3 is 2.29 bits per heavy atom. The molecule has 0 aromatic heterocycles. The normalized spacial score (nSPS) is 19.3. The Morgan fingerprint density at radius 2 is 1.68 bits per heavy atom. The molecule has 4 rings (SSSR count). The standard InChI is InChI=1S/C27H30N2O2/c1-2-26(30)28(19-24(22-15-9-16-22)21-11-5-3-6-12-21)20-27(31)29-18-10-17-25(29)23-13-7-4-8-14-23/h1,3-8,11-14,22,24-25H,9-10,15-20H2. The number of amides is 2. The van der Waals surface area contributed by atoms with E-state index in [1.807, 2.05) is 41.3 Å². The maximum atomic E-state index is 13.3. The van der Waals surface area contributed by atoms with Gasteiger partial charge in [-0.3, -0.25) is 9.59 Å². The van der Waals surface area contributed by atoms with Gasteiger partial charge in [0.05, 0.1) is 6.04 Å². The quantitative estimate of drug-likeness (QED) is 0.630. The molecule has 2 unspecified atom stereocenters. The molecule has 160 valence electrons. The van der Waals surface area contributed by atoms with Crippen LogP contribution >= 0.6 is 0 Å². The number of benzene rings is 2. The third-order valence-electron chi connectivity index (χ3n) is 6.86. The Labute approximate surface area is 185 Å². The smallest absolute Gasteiger partial charge is 0.298 e. The van der Waals surface area contributed by atoms with Crippen molar-refractivity contribution in [3.63, 3.8) is 0 Å². The monoisotopic (exact) mass is 414 g/mol. The molecule has 4 heteroatoms. The van der Waals surface area contributed by atoms with Gasteiger partial charge in [-0.1, -0.05) is 67.1 Å². The highest BCUT2D eigenvalue weighted by molar-refractivity contribution is 5.95. The third kappa shape index (κ3) is 4.82. The molecule has 1 heterocycles. The molecule has 2 fully saturated rings. The van der Waals surface area contributed by atoms with E-state index in [0.717, 1.165) is 37.8 Å². The number of terminal acetylenes is 1. The number of hydrogen-bond donors (Lipinski definition) is 0. The highest BCUT2D eigenvalue weighted by Gasteiger charge is 2.34. The van der Waals surface area contributed by atoms with Gasteiger partial charge in [0.25, 0.3) is 5.91 Å². The number of carbonyl (C=O) groups is 2. The first-order chi connectivity index (χ1) is 15.2. The second-order valence-corrected chi connectivity index (χ2v) is 8.69.